The third-order valence-corrected chi connectivity index (χ3v) is 5.00. The highest BCUT2D eigenvalue weighted by Gasteiger charge is 2.52. The summed E-state index contributed by atoms with van der Waals surface area (Å²) in [6, 6.07) is 0.568. The average molecular weight is 282 g/mol. The standard InChI is InChI=1S/C16H30N2O2/c1-4-20-15(19)16(17-3,14-9-10-14)12-18-11-7-5-6-8-13(18)2/h13-14,17H,4-12H2,1-3H3. The van der Waals surface area contributed by atoms with E-state index < -0.39 is 5.54 Å². The van der Waals surface area contributed by atoms with Crippen LogP contribution in [0.1, 0.15) is 52.4 Å². The van der Waals surface area contributed by atoms with Gasteiger partial charge in [0.2, 0.25) is 0 Å². The zero-order chi connectivity index (χ0) is 14.6. The van der Waals surface area contributed by atoms with Gasteiger partial charge in [0.25, 0.3) is 0 Å². The largest absolute Gasteiger partial charge is 0.465 e. The van der Waals surface area contributed by atoms with Crippen molar-refractivity contribution in [2.24, 2.45) is 5.92 Å². The number of ether oxygens (including phenoxy) is 1. The Kier molecular flexibility index (Phi) is 5.44. The van der Waals surface area contributed by atoms with E-state index >= 15 is 0 Å². The van der Waals surface area contributed by atoms with E-state index in [0.29, 0.717) is 18.6 Å². The van der Waals surface area contributed by atoms with Gasteiger partial charge in [-0.15, -0.1) is 0 Å². The normalized spacial score (nSPS) is 27.6. The van der Waals surface area contributed by atoms with Crippen LogP contribution in [0.25, 0.3) is 0 Å². The van der Waals surface area contributed by atoms with Crippen molar-refractivity contribution >= 4 is 5.97 Å². The van der Waals surface area contributed by atoms with Crippen LogP contribution in [0.2, 0.25) is 0 Å². The van der Waals surface area contributed by atoms with Crippen LogP contribution in [0.5, 0.6) is 0 Å². The third kappa shape index (κ3) is 3.34. The fraction of sp³-hybridized carbons (Fsp3) is 0.938. The third-order valence-electron chi connectivity index (χ3n) is 5.00. The molecule has 0 spiro atoms. The maximum atomic E-state index is 12.5. The van der Waals surface area contributed by atoms with Crippen molar-refractivity contribution in [1.82, 2.24) is 10.2 Å². The van der Waals surface area contributed by atoms with Gasteiger partial charge in [0.05, 0.1) is 6.61 Å². The molecule has 4 heteroatoms. The summed E-state index contributed by atoms with van der Waals surface area (Å²) in [6.45, 7) is 6.55. The van der Waals surface area contributed by atoms with Gasteiger partial charge in [0.1, 0.15) is 5.54 Å². The Bertz CT molecular complexity index is 330. The first kappa shape index (κ1) is 15.8. The molecule has 2 unspecified atom stereocenters. The predicted molar refractivity (Wildman–Crippen MR) is 80.7 cm³/mol. The first-order valence-corrected chi connectivity index (χ1v) is 8.24. The van der Waals surface area contributed by atoms with Gasteiger partial charge in [0, 0.05) is 12.6 Å². The van der Waals surface area contributed by atoms with Crippen LogP contribution in [0.4, 0.5) is 0 Å². The lowest BCUT2D eigenvalue weighted by atomic mass is 9.91. The van der Waals surface area contributed by atoms with Gasteiger partial charge in [-0.25, -0.2) is 4.79 Å². The maximum Gasteiger partial charge on any atom is 0.327 e. The van der Waals surface area contributed by atoms with E-state index in [0.717, 1.165) is 25.9 Å². The molecule has 20 heavy (non-hydrogen) atoms. The van der Waals surface area contributed by atoms with E-state index in [4.69, 9.17) is 4.74 Å². The number of esters is 1. The van der Waals surface area contributed by atoms with E-state index in [1.54, 1.807) is 0 Å². The summed E-state index contributed by atoms with van der Waals surface area (Å²) >= 11 is 0. The van der Waals surface area contributed by atoms with Gasteiger partial charge in [-0.2, -0.15) is 0 Å². The molecule has 0 radical (unpaired) electrons. The summed E-state index contributed by atoms with van der Waals surface area (Å²) in [4.78, 5) is 15.0. The molecule has 0 aromatic carbocycles. The van der Waals surface area contributed by atoms with Crippen molar-refractivity contribution < 1.29 is 9.53 Å². The van der Waals surface area contributed by atoms with E-state index in [9.17, 15) is 4.79 Å². The zero-order valence-corrected chi connectivity index (χ0v) is 13.3. The van der Waals surface area contributed by atoms with Crippen molar-refractivity contribution in [3.63, 3.8) is 0 Å². The Balaban J connectivity index is 2.11. The number of hydrogen-bond donors (Lipinski definition) is 1. The molecule has 4 nitrogen and oxygen atoms in total. The summed E-state index contributed by atoms with van der Waals surface area (Å²) in [7, 11) is 1.91. The molecule has 1 aliphatic heterocycles. The highest BCUT2D eigenvalue weighted by molar-refractivity contribution is 5.82. The van der Waals surface area contributed by atoms with Crippen molar-refractivity contribution in [3.8, 4) is 0 Å². The van der Waals surface area contributed by atoms with E-state index in [1.807, 2.05) is 14.0 Å². The molecular formula is C16H30N2O2. The number of nitrogens with zero attached hydrogens (tertiary/aromatic N) is 1. The minimum atomic E-state index is -0.491. The number of carbonyl (C=O) groups excluding carboxylic acids is 1. The zero-order valence-electron chi connectivity index (χ0n) is 13.3. The molecule has 2 fully saturated rings. The molecule has 1 N–H and O–H groups in total. The van der Waals surface area contributed by atoms with Gasteiger partial charge in [-0.3, -0.25) is 4.90 Å². The molecule has 1 aliphatic carbocycles. The van der Waals surface area contributed by atoms with Crippen LogP contribution in [0, 0.1) is 5.92 Å². The number of carbonyl (C=O) groups is 1. The summed E-state index contributed by atoms with van der Waals surface area (Å²) in [6.07, 6.45) is 7.40. The van der Waals surface area contributed by atoms with Crippen molar-refractivity contribution in [3.05, 3.63) is 0 Å². The van der Waals surface area contributed by atoms with Crippen LogP contribution in [0.15, 0.2) is 0 Å². The monoisotopic (exact) mass is 282 g/mol. The molecule has 0 amide bonds. The Hall–Kier alpha value is -0.610. The van der Waals surface area contributed by atoms with Gasteiger partial charge in [0.15, 0.2) is 0 Å². The van der Waals surface area contributed by atoms with E-state index in [1.165, 1.54) is 25.7 Å². The van der Waals surface area contributed by atoms with Gasteiger partial charge < -0.3 is 10.1 Å². The summed E-state index contributed by atoms with van der Waals surface area (Å²) in [5.74, 6) is 0.392. The van der Waals surface area contributed by atoms with Crippen LogP contribution >= 0.6 is 0 Å². The van der Waals surface area contributed by atoms with Crippen LogP contribution in [-0.4, -0.2) is 49.2 Å². The van der Waals surface area contributed by atoms with Crippen LogP contribution in [-0.2, 0) is 9.53 Å². The number of hydrogen-bond acceptors (Lipinski definition) is 4. The minimum Gasteiger partial charge on any atom is -0.465 e. The quantitative estimate of drug-likeness (QED) is 0.758. The fourth-order valence-corrected chi connectivity index (χ4v) is 3.47. The van der Waals surface area contributed by atoms with E-state index in [-0.39, 0.29) is 5.97 Å². The molecule has 2 atom stereocenters. The number of rotatable bonds is 6. The lowest BCUT2D eigenvalue weighted by Crippen LogP contribution is -2.61. The first-order valence-electron chi connectivity index (χ1n) is 8.24. The fourth-order valence-electron chi connectivity index (χ4n) is 3.47. The van der Waals surface area contributed by atoms with Crippen LogP contribution in [0.3, 0.4) is 0 Å². The Morgan fingerprint density at radius 2 is 2.05 bits per heavy atom. The topological polar surface area (TPSA) is 41.6 Å². The number of nitrogens with one attached hydrogen (secondary N) is 1. The molecule has 0 aromatic heterocycles. The molecule has 2 aliphatic rings. The number of likely N-dealkylation sites (tertiary alicyclic amines) is 1. The summed E-state index contributed by atoms with van der Waals surface area (Å²) < 4.78 is 5.38. The van der Waals surface area contributed by atoms with Crippen molar-refractivity contribution in [2.75, 3.05) is 26.7 Å². The minimum absolute atomic E-state index is 0.0542. The predicted octanol–water partition coefficient (Wildman–Crippen LogP) is 2.18. The second-order valence-corrected chi connectivity index (χ2v) is 6.38. The molecule has 1 heterocycles. The average Bonchev–Trinajstić information content (AvgIpc) is 3.26. The van der Waals surface area contributed by atoms with Gasteiger partial charge in [-0.05, 0) is 59.0 Å². The Morgan fingerprint density at radius 1 is 1.30 bits per heavy atom. The lowest BCUT2D eigenvalue weighted by Gasteiger charge is -2.38. The van der Waals surface area contributed by atoms with E-state index in [2.05, 4.69) is 17.1 Å². The summed E-state index contributed by atoms with van der Waals surface area (Å²) in [5, 5.41) is 3.33. The van der Waals surface area contributed by atoms with Gasteiger partial charge >= 0.3 is 5.97 Å². The SMILES string of the molecule is CCOC(=O)C(CN1CCCCCC1C)(NC)C1CC1. The Labute approximate surface area is 123 Å². The second-order valence-electron chi connectivity index (χ2n) is 6.38. The summed E-state index contributed by atoms with van der Waals surface area (Å²) in [5.41, 5.74) is -0.491. The molecular weight excluding hydrogens is 252 g/mol. The number of likely N-dealkylation sites (N-methyl/N-ethyl adjacent to an activating group) is 1. The van der Waals surface area contributed by atoms with Gasteiger partial charge in [-0.1, -0.05) is 12.8 Å². The molecule has 1 saturated heterocycles. The first-order chi connectivity index (χ1) is 9.64. The van der Waals surface area contributed by atoms with Crippen molar-refractivity contribution in [2.45, 2.75) is 64.0 Å². The lowest BCUT2D eigenvalue weighted by molar-refractivity contribution is -0.153. The molecule has 0 bridgehead atoms. The second kappa shape index (κ2) is 6.90. The Morgan fingerprint density at radius 3 is 2.65 bits per heavy atom. The molecule has 1 saturated carbocycles. The maximum absolute atomic E-state index is 12.5. The smallest absolute Gasteiger partial charge is 0.327 e. The molecule has 2 rings (SSSR count). The highest BCUT2D eigenvalue weighted by Crippen LogP contribution is 2.41. The molecule has 116 valence electrons. The van der Waals surface area contributed by atoms with Crippen molar-refractivity contribution in [1.29, 1.82) is 0 Å². The molecule has 0 aromatic rings. The van der Waals surface area contributed by atoms with Crippen LogP contribution < -0.4 is 5.32 Å². The highest BCUT2D eigenvalue weighted by atomic mass is 16.5.